The summed E-state index contributed by atoms with van der Waals surface area (Å²) in [4.78, 5) is 11.3. The Labute approximate surface area is 105 Å². The molecule has 0 atom stereocenters. The summed E-state index contributed by atoms with van der Waals surface area (Å²) in [6.45, 7) is 0.167. The Balaban J connectivity index is 2.45. The van der Waals surface area contributed by atoms with Crippen molar-refractivity contribution in [3.8, 4) is 5.75 Å². The lowest BCUT2D eigenvalue weighted by Gasteiger charge is -2.05. The Kier molecular flexibility index (Phi) is 3.45. The maximum atomic E-state index is 11.3. The van der Waals surface area contributed by atoms with Crippen LogP contribution in [0, 0.1) is 3.57 Å². The summed E-state index contributed by atoms with van der Waals surface area (Å²) in [6.07, 6.45) is 0. The first-order chi connectivity index (χ1) is 7.70. The normalized spacial score (nSPS) is 10.6. The molecule has 0 unspecified atom stereocenters. The summed E-state index contributed by atoms with van der Waals surface area (Å²) in [6, 6.07) is 7.09. The molecule has 5 heteroatoms. The summed E-state index contributed by atoms with van der Waals surface area (Å²) >= 11 is 1.95. The molecular weight excluding hydrogens is 323 g/mol. The largest absolute Gasteiger partial charge is 0.467 e. The second-order valence-corrected chi connectivity index (χ2v) is 4.29. The van der Waals surface area contributed by atoms with Crippen LogP contribution >= 0.6 is 22.6 Å². The topological polar surface area (TPSA) is 48.7 Å². The first-order valence-corrected chi connectivity index (χ1v) is 5.64. The molecule has 0 radical (unpaired) electrons. The molecule has 1 heterocycles. The van der Waals surface area contributed by atoms with E-state index in [0.29, 0.717) is 14.9 Å². The van der Waals surface area contributed by atoms with Crippen molar-refractivity contribution < 1.29 is 13.9 Å². The molecule has 0 amide bonds. The molecule has 1 aromatic heterocycles. The average Bonchev–Trinajstić information content (AvgIpc) is 2.28. The smallest absolute Gasteiger partial charge is 0.349 e. The average molecular weight is 332 g/mol. The fourth-order valence-corrected chi connectivity index (χ4v) is 1.73. The molecule has 0 saturated carbocycles. The van der Waals surface area contributed by atoms with Gasteiger partial charge in [-0.05, 0) is 40.8 Å². The molecule has 84 valence electrons. The van der Waals surface area contributed by atoms with Gasteiger partial charge in [-0.1, -0.05) is 0 Å². The zero-order chi connectivity index (χ0) is 11.5. The van der Waals surface area contributed by atoms with Crippen LogP contribution in [-0.4, -0.2) is 13.9 Å². The van der Waals surface area contributed by atoms with Gasteiger partial charge in [-0.15, -0.1) is 0 Å². The van der Waals surface area contributed by atoms with Crippen LogP contribution < -0.4 is 10.4 Å². The first-order valence-electron chi connectivity index (χ1n) is 4.56. The predicted octanol–water partition coefficient (Wildman–Crippen LogP) is 2.38. The van der Waals surface area contributed by atoms with Crippen molar-refractivity contribution in [1.82, 2.24) is 0 Å². The molecule has 0 saturated heterocycles. The molecule has 0 aliphatic carbocycles. The van der Waals surface area contributed by atoms with Crippen molar-refractivity contribution >= 4 is 33.6 Å². The molecule has 0 aliphatic rings. The third-order valence-electron chi connectivity index (χ3n) is 2.01. The lowest BCUT2D eigenvalue weighted by molar-refractivity contribution is 0.0512. The van der Waals surface area contributed by atoms with Gasteiger partial charge in [0.2, 0.25) is 0 Å². The van der Waals surface area contributed by atoms with Crippen LogP contribution in [0.1, 0.15) is 0 Å². The number of hydrogen-bond donors (Lipinski definition) is 0. The minimum absolute atomic E-state index is 0.167. The van der Waals surface area contributed by atoms with Gasteiger partial charge >= 0.3 is 5.63 Å². The highest BCUT2D eigenvalue weighted by Gasteiger charge is 2.03. The van der Waals surface area contributed by atoms with Crippen LogP contribution in [0.3, 0.4) is 0 Å². The number of fused-ring (bicyclic) bond motifs is 1. The van der Waals surface area contributed by atoms with Crippen LogP contribution in [0.25, 0.3) is 11.0 Å². The van der Waals surface area contributed by atoms with Crippen LogP contribution in [-0.2, 0) is 4.74 Å². The molecule has 0 N–H and O–H groups in total. The predicted molar refractivity (Wildman–Crippen MR) is 67.7 cm³/mol. The van der Waals surface area contributed by atoms with Gasteiger partial charge in [0, 0.05) is 18.6 Å². The van der Waals surface area contributed by atoms with E-state index in [1.165, 1.54) is 0 Å². The molecular formula is C11H9IO4. The molecule has 2 rings (SSSR count). The van der Waals surface area contributed by atoms with Crippen molar-refractivity contribution in [2.24, 2.45) is 0 Å². The van der Waals surface area contributed by atoms with Crippen molar-refractivity contribution in [1.29, 1.82) is 0 Å². The lowest BCUT2D eigenvalue weighted by Crippen LogP contribution is -2.02. The van der Waals surface area contributed by atoms with E-state index in [-0.39, 0.29) is 12.4 Å². The van der Waals surface area contributed by atoms with Crippen molar-refractivity contribution in [2.45, 2.75) is 0 Å². The maximum Gasteiger partial charge on any atom is 0.349 e. The molecule has 1 aromatic carbocycles. The fourth-order valence-electron chi connectivity index (χ4n) is 1.28. The zero-order valence-electron chi connectivity index (χ0n) is 8.53. The first kappa shape index (κ1) is 11.4. The monoisotopic (exact) mass is 332 g/mol. The van der Waals surface area contributed by atoms with E-state index in [0.717, 1.165) is 5.39 Å². The van der Waals surface area contributed by atoms with E-state index in [1.54, 1.807) is 25.3 Å². The fraction of sp³-hybridized carbons (Fsp3) is 0.182. The van der Waals surface area contributed by atoms with Gasteiger partial charge in [-0.25, -0.2) is 4.79 Å². The third-order valence-corrected chi connectivity index (χ3v) is 2.76. The van der Waals surface area contributed by atoms with Crippen molar-refractivity contribution in [2.75, 3.05) is 13.9 Å². The van der Waals surface area contributed by atoms with E-state index >= 15 is 0 Å². The number of methoxy groups -OCH3 is 1. The second kappa shape index (κ2) is 4.84. The van der Waals surface area contributed by atoms with Gasteiger partial charge in [-0.3, -0.25) is 0 Å². The molecule has 0 spiro atoms. The highest BCUT2D eigenvalue weighted by Crippen LogP contribution is 2.20. The second-order valence-electron chi connectivity index (χ2n) is 3.13. The Morgan fingerprint density at radius 2 is 2.19 bits per heavy atom. The number of benzene rings is 1. The van der Waals surface area contributed by atoms with Gasteiger partial charge in [0.05, 0.1) is 3.57 Å². The molecule has 2 aromatic rings. The standard InChI is InChI=1S/C11H9IO4/c1-14-6-15-8-3-2-7-4-9(12)11(13)16-10(7)5-8/h2-5H,6H2,1H3. The Morgan fingerprint density at radius 1 is 1.38 bits per heavy atom. The quantitative estimate of drug-likeness (QED) is 0.492. The minimum atomic E-state index is -0.336. The lowest BCUT2D eigenvalue weighted by atomic mass is 10.2. The van der Waals surface area contributed by atoms with Gasteiger partial charge in [0.1, 0.15) is 11.3 Å². The molecule has 4 nitrogen and oxygen atoms in total. The zero-order valence-corrected chi connectivity index (χ0v) is 10.7. The van der Waals surface area contributed by atoms with Gasteiger partial charge in [0.25, 0.3) is 0 Å². The Hall–Kier alpha value is -1.08. The highest BCUT2D eigenvalue weighted by atomic mass is 127. The van der Waals surface area contributed by atoms with Gasteiger partial charge in [-0.2, -0.15) is 0 Å². The van der Waals surface area contributed by atoms with Gasteiger partial charge < -0.3 is 13.9 Å². The summed E-state index contributed by atoms with van der Waals surface area (Å²) in [5.41, 5.74) is 0.177. The summed E-state index contributed by atoms with van der Waals surface area (Å²) in [5.74, 6) is 0.610. The number of halogens is 1. The van der Waals surface area contributed by atoms with E-state index in [1.807, 2.05) is 28.7 Å². The third kappa shape index (κ3) is 2.35. The highest BCUT2D eigenvalue weighted by molar-refractivity contribution is 14.1. The van der Waals surface area contributed by atoms with E-state index < -0.39 is 0 Å². The summed E-state index contributed by atoms with van der Waals surface area (Å²) in [7, 11) is 1.55. The molecule has 0 fully saturated rings. The van der Waals surface area contributed by atoms with E-state index in [9.17, 15) is 4.79 Å². The van der Waals surface area contributed by atoms with Crippen molar-refractivity contribution in [3.05, 3.63) is 38.3 Å². The summed E-state index contributed by atoms with van der Waals surface area (Å²) < 4.78 is 15.7. The van der Waals surface area contributed by atoms with E-state index in [2.05, 4.69) is 0 Å². The van der Waals surface area contributed by atoms with Crippen LogP contribution in [0.2, 0.25) is 0 Å². The maximum absolute atomic E-state index is 11.3. The SMILES string of the molecule is COCOc1ccc2cc(I)c(=O)oc2c1. The van der Waals surface area contributed by atoms with Crippen LogP contribution in [0.5, 0.6) is 5.75 Å². The van der Waals surface area contributed by atoms with Crippen LogP contribution in [0.4, 0.5) is 0 Å². The van der Waals surface area contributed by atoms with Crippen LogP contribution in [0.15, 0.2) is 33.5 Å². The molecule has 0 aliphatic heterocycles. The summed E-state index contributed by atoms with van der Waals surface area (Å²) in [5, 5.41) is 0.869. The van der Waals surface area contributed by atoms with Gasteiger partial charge in [0.15, 0.2) is 6.79 Å². The van der Waals surface area contributed by atoms with Crippen molar-refractivity contribution in [3.63, 3.8) is 0 Å². The molecule has 16 heavy (non-hydrogen) atoms. The number of ether oxygens (including phenoxy) is 2. The molecule has 0 bridgehead atoms. The number of hydrogen-bond acceptors (Lipinski definition) is 4. The number of rotatable bonds is 3. The van der Waals surface area contributed by atoms with E-state index in [4.69, 9.17) is 13.9 Å². The minimum Gasteiger partial charge on any atom is -0.467 e. The Morgan fingerprint density at radius 3 is 2.94 bits per heavy atom. The Bertz CT molecular complexity index is 561.